The molecule has 1 aromatic carbocycles. The molecule has 0 saturated carbocycles. The van der Waals surface area contributed by atoms with Crippen molar-refractivity contribution in [3.05, 3.63) is 56.7 Å². The molecule has 1 aromatic heterocycles. The van der Waals surface area contributed by atoms with E-state index in [1.165, 1.54) is 11.3 Å². The predicted octanol–water partition coefficient (Wildman–Crippen LogP) is 3.38. The zero-order chi connectivity index (χ0) is 16.4. The minimum atomic E-state index is -0.840. The zero-order valence-electron chi connectivity index (χ0n) is 12.3. The normalized spacial score (nSPS) is 20.7. The summed E-state index contributed by atoms with van der Waals surface area (Å²) < 4.78 is 0.993. The van der Waals surface area contributed by atoms with Gasteiger partial charge >= 0.3 is 5.97 Å². The molecule has 1 fully saturated rings. The predicted molar refractivity (Wildman–Crippen MR) is 92.6 cm³/mol. The monoisotopic (exact) mass is 393 g/mol. The van der Waals surface area contributed by atoms with Crippen molar-refractivity contribution in [2.75, 3.05) is 13.1 Å². The summed E-state index contributed by atoms with van der Waals surface area (Å²) in [5.41, 5.74) is 0.981. The van der Waals surface area contributed by atoms with Gasteiger partial charge in [0.15, 0.2) is 0 Å². The Kier molecular flexibility index (Phi) is 4.82. The quantitative estimate of drug-likeness (QED) is 0.865. The molecule has 2 aromatic rings. The number of halogens is 1. The van der Waals surface area contributed by atoms with E-state index in [9.17, 15) is 14.7 Å². The van der Waals surface area contributed by atoms with E-state index >= 15 is 0 Å². The Balaban J connectivity index is 1.74. The highest BCUT2D eigenvalue weighted by molar-refractivity contribution is 9.11. The molecule has 2 unspecified atom stereocenters. The third kappa shape index (κ3) is 3.64. The Labute approximate surface area is 146 Å². The molecule has 4 nitrogen and oxygen atoms in total. The number of carbonyl (C=O) groups excluding carboxylic acids is 1. The second kappa shape index (κ2) is 6.84. The molecule has 0 radical (unpaired) electrons. The maximum atomic E-state index is 12.5. The smallest absolute Gasteiger partial charge is 0.308 e. The van der Waals surface area contributed by atoms with E-state index in [1.54, 1.807) is 4.90 Å². The Bertz CT molecular complexity index is 716. The number of amides is 1. The minimum absolute atomic E-state index is 0.0102. The van der Waals surface area contributed by atoms with Crippen molar-refractivity contribution in [3.8, 4) is 0 Å². The molecule has 0 spiro atoms. The van der Waals surface area contributed by atoms with Crippen LogP contribution in [0.5, 0.6) is 0 Å². The molecule has 6 heteroatoms. The maximum Gasteiger partial charge on any atom is 0.308 e. The Morgan fingerprint density at radius 1 is 1.17 bits per heavy atom. The lowest BCUT2D eigenvalue weighted by Gasteiger charge is -2.16. The van der Waals surface area contributed by atoms with Crippen LogP contribution in [-0.4, -0.2) is 35.0 Å². The van der Waals surface area contributed by atoms with E-state index in [2.05, 4.69) is 15.9 Å². The SMILES string of the molecule is O=C(O)C1CN(C(=O)Cc2ccc(Br)s2)CC1c1ccccc1. The molecule has 120 valence electrons. The molecule has 0 aliphatic carbocycles. The first-order valence-corrected chi connectivity index (χ1v) is 8.95. The summed E-state index contributed by atoms with van der Waals surface area (Å²) >= 11 is 4.92. The van der Waals surface area contributed by atoms with E-state index in [0.717, 1.165) is 14.2 Å². The molecular formula is C17H16BrNO3S. The van der Waals surface area contributed by atoms with Gasteiger partial charge in [-0.3, -0.25) is 9.59 Å². The summed E-state index contributed by atoms with van der Waals surface area (Å²) in [6.07, 6.45) is 0.324. The number of aliphatic carboxylic acids is 1. The number of carbonyl (C=O) groups is 2. The number of hydrogen-bond donors (Lipinski definition) is 1. The van der Waals surface area contributed by atoms with Crippen molar-refractivity contribution < 1.29 is 14.7 Å². The number of benzene rings is 1. The minimum Gasteiger partial charge on any atom is -0.481 e. The number of nitrogens with zero attached hydrogens (tertiary/aromatic N) is 1. The van der Waals surface area contributed by atoms with Crippen LogP contribution in [0, 0.1) is 5.92 Å². The first-order valence-electron chi connectivity index (χ1n) is 7.34. The van der Waals surface area contributed by atoms with Gasteiger partial charge in [0.1, 0.15) is 0 Å². The molecular weight excluding hydrogens is 378 g/mol. The molecule has 2 atom stereocenters. The van der Waals surface area contributed by atoms with Crippen molar-refractivity contribution in [2.45, 2.75) is 12.3 Å². The first kappa shape index (κ1) is 16.2. The van der Waals surface area contributed by atoms with Gasteiger partial charge in [0, 0.05) is 23.9 Å². The lowest BCUT2D eigenvalue weighted by atomic mass is 9.89. The molecule has 1 aliphatic rings. The van der Waals surface area contributed by atoms with Gasteiger partial charge in [-0.1, -0.05) is 30.3 Å². The fourth-order valence-electron chi connectivity index (χ4n) is 3.00. The largest absolute Gasteiger partial charge is 0.481 e. The van der Waals surface area contributed by atoms with Crippen LogP contribution >= 0.6 is 27.3 Å². The van der Waals surface area contributed by atoms with Crippen molar-refractivity contribution in [1.82, 2.24) is 4.90 Å². The van der Waals surface area contributed by atoms with E-state index in [0.29, 0.717) is 13.0 Å². The molecule has 1 saturated heterocycles. The molecule has 1 aliphatic heterocycles. The molecule has 2 heterocycles. The van der Waals surface area contributed by atoms with Crippen LogP contribution in [0.4, 0.5) is 0 Å². The standard InChI is InChI=1S/C17H16BrNO3S/c18-15-7-6-12(23-15)8-16(20)19-9-13(14(10-19)17(21)22)11-4-2-1-3-5-11/h1-7,13-14H,8-10H2,(H,21,22). The number of likely N-dealkylation sites (tertiary alicyclic amines) is 1. The number of carboxylic acids is 1. The van der Waals surface area contributed by atoms with Crippen LogP contribution in [0.3, 0.4) is 0 Å². The third-order valence-corrected chi connectivity index (χ3v) is 5.80. The number of hydrogen-bond acceptors (Lipinski definition) is 3. The van der Waals surface area contributed by atoms with Crippen molar-refractivity contribution >= 4 is 39.1 Å². The summed E-state index contributed by atoms with van der Waals surface area (Å²) in [6.45, 7) is 0.743. The van der Waals surface area contributed by atoms with Gasteiger partial charge in [0.05, 0.1) is 16.1 Å². The van der Waals surface area contributed by atoms with Crippen LogP contribution < -0.4 is 0 Å². The lowest BCUT2D eigenvalue weighted by molar-refractivity contribution is -0.141. The first-order chi connectivity index (χ1) is 11.0. The van der Waals surface area contributed by atoms with Gasteiger partial charge in [-0.05, 0) is 33.6 Å². The highest BCUT2D eigenvalue weighted by Gasteiger charge is 2.40. The van der Waals surface area contributed by atoms with Gasteiger partial charge in [-0.25, -0.2) is 0 Å². The van der Waals surface area contributed by atoms with Crippen LogP contribution in [0.1, 0.15) is 16.4 Å². The Morgan fingerprint density at radius 3 is 2.52 bits per heavy atom. The molecule has 23 heavy (non-hydrogen) atoms. The highest BCUT2D eigenvalue weighted by atomic mass is 79.9. The number of rotatable bonds is 4. The van der Waals surface area contributed by atoms with Gasteiger partial charge < -0.3 is 10.0 Å². The fraction of sp³-hybridized carbons (Fsp3) is 0.294. The van der Waals surface area contributed by atoms with Gasteiger partial charge in [0.2, 0.25) is 5.91 Å². The van der Waals surface area contributed by atoms with Crippen LogP contribution in [0.25, 0.3) is 0 Å². The number of carboxylic acid groups (broad SMARTS) is 1. The summed E-state index contributed by atoms with van der Waals surface area (Å²) in [7, 11) is 0. The fourth-order valence-corrected chi connectivity index (χ4v) is 4.48. The second-order valence-corrected chi connectivity index (χ2v) is 8.19. The van der Waals surface area contributed by atoms with Crippen LogP contribution in [0.2, 0.25) is 0 Å². The van der Waals surface area contributed by atoms with E-state index in [4.69, 9.17) is 0 Å². The molecule has 3 rings (SSSR count). The van der Waals surface area contributed by atoms with E-state index < -0.39 is 11.9 Å². The Morgan fingerprint density at radius 2 is 1.91 bits per heavy atom. The molecule has 1 amide bonds. The van der Waals surface area contributed by atoms with Crippen LogP contribution in [-0.2, 0) is 16.0 Å². The molecule has 1 N–H and O–H groups in total. The van der Waals surface area contributed by atoms with E-state index in [-0.39, 0.29) is 18.4 Å². The van der Waals surface area contributed by atoms with Gasteiger partial charge in [0.25, 0.3) is 0 Å². The van der Waals surface area contributed by atoms with Crippen molar-refractivity contribution in [3.63, 3.8) is 0 Å². The molecule has 0 bridgehead atoms. The zero-order valence-corrected chi connectivity index (χ0v) is 14.7. The summed E-state index contributed by atoms with van der Waals surface area (Å²) in [4.78, 5) is 26.7. The average Bonchev–Trinajstić information content (AvgIpc) is 3.15. The summed E-state index contributed by atoms with van der Waals surface area (Å²) in [6, 6.07) is 13.4. The second-order valence-electron chi connectivity index (χ2n) is 5.64. The van der Waals surface area contributed by atoms with Crippen LogP contribution in [0.15, 0.2) is 46.3 Å². The summed E-state index contributed by atoms with van der Waals surface area (Å²) in [5.74, 6) is -1.54. The van der Waals surface area contributed by atoms with E-state index in [1.807, 2.05) is 42.5 Å². The number of thiophene rings is 1. The third-order valence-electron chi connectivity index (χ3n) is 4.17. The highest BCUT2D eigenvalue weighted by Crippen LogP contribution is 2.33. The summed E-state index contributed by atoms with van der Waals surface area (Å²) in [5, 5.41) is 9.50. The van der Waals surface area contributed by atoms with Gasteiger partial charge in [-0.15, -0.1) is 11.3 Å². The van der Waals surface area contributed by atoms with Crippen molar-refractivity contribution in [2.24, 2.45) is 5.92 Å². The maximum absolute atomic E-state index is 12.5. The topological polar surface area (TPSA) is 57.6 Å². The lowest BCUT2D eigenvalue weighted by Crippen LogP contribution is -2.31. The van der Waals surface area contributed by atoms with Gasteiger partial charge in [-0.2, -0.15) is 0 Å². The van der Waals surface area contributed by atoms with Crippen molar-refractivity contribution in [1.29, 1.82) is 0 Å². The Hall–Kier alpha value is -1.66. The average molecular weight is 394 g/mol.